The van der Waals surface area contributed by atoms with E-state index in [-0.39, 0.29) is 13.2 Å². The number of hydrogen-bond acceptors (Lipinski definition) is 6. The number of rotatable bonds is 7. The Balaban J connectivity index is 1.68. The van der Waals surface area contributed by atoms with Gasteiger partial charge in [0.15, 0.2) is 18.1 Å². The lowest BCUT2D eigenvalue weighted by atomic mass is 10.0. The van der Waals surface area contributed by atoms with Gasteiger partial charge in [-0.3, -0.25) is 0 Å². The van der Waals surface area contributed by atoms with E-state index in [1.807, 2.05) is 39.0 Å². The minimum Gasteiger partial charge on any atom is -0.490 e. The zero-order valence-electron chi connectivity index (χ0n) is 16.1. The van der Waals surface area contributed by atoms with Gasteiger partial charge >= 0.3 is 11.6 Å². The Morgan fingerprint density at radius 2 is 1.68 bits per heavy atom. The monoisotopic (exact) mass is 382 g/mol. The predicted octanol–water partition coefficient (Wildman–Crippen LogP) is 3.93. The minimum absolute atomic E-state index is 0.0418. The highest BCUT2D eigenvalue weighted by Crippen LogP contribution is 2.26. The second-order valence-electron chi connectivity index (χ2n) is 6.35. The van der Waals surface area contributed by atoms with Crippen LogP contribution in [0.15, 0.2) is 51.7 Å². The summed E-state index contributed by atoms with van der Waals surface area (Å²) in [7, 11) is 0. The van der Waals surface area contributed by atoms with Crippen molar-refractivity contribution in [1.29, 1.82) is 0 Å². The number of ether oxygens (including phenoxy) is 3. The van der Waals surface area contributed by atoms with Crippen molar-refractivity contribution in [2.45, 2.75) is 27.4 Å². The number of aryl methyl sites for hydroxylation is 2. The maximum absolute atomic E-state index is 12.1. The summed E-state index contributed by atoms with van der Waals surface area (Å²) in [5, 5.41) is 0.748. The van der Waals surface area contributed by atoms with Gasteiger partial charge in [-0.25, -0.2) is 9.59 Å². The molecule has 1 aromatic heterocycles. The number of benzene rings is 2. The first-order valence-electron chi connectivity index (χ1n) is 9.02. The maximum atomic E-state index is 12.1. The van der Waals surface area contributed by atoms with Crippen molar-refractivity contribution < 1.29 is 23.4 Å². The van der Waals surface area contributed by atoms with E-state index in [2.05, 4.69) is 0 Å². The molecule has 0 aliphatic rings. The van der Waals surface area contributed by atoms with Gasteiger partial charge in [-0.2, -0.15) is 0 Å². The fraction of sp³-hybridized carbons (Fsp3) is 0.273. The van der Waals surface area contributed by atoms with Crippen LogP contribution in [0.1, 0.15) is 23.6 Å². The van der Waals surface area contributed by atoms with Gasteiger partial charge in [0, 0.05) is 17.0 Å². The molecule has 6 nitrogen and oxygen atoms in total. The molecule has 0 amide bonds. The van der Waals surface area contributed by atoms with E-state index in [1.54, 1.807) is 18.2 Å². The van der Waals surface area contributed by atoms with Gasteiger partial charge in [-0.05, 0) is 56.2 Å². The van der Waals surface area contributed by atoms with E-state index < -0.39 is 11.6 Å². The van der Waals surface area contributed by atoms with Crippen molar-refractivity contribution in [1.82, 2.24) is 0 Å². The van der Waals surface area contributed by atoms with Crippen LogP contribution < -0.4 is 15.1 Å². The summed E-state index contributed by atoms with van der Waals surface area (Å²) in [4.78, 5) is 23.9. The number of carbonyl (C=O) groups excluding carboxylic acids is 1. The van der Waals surface area contributed by atoms with E-state index >= 15 is 0 Å². The van der Waals surface area contributed by atoms with Crippen LogP contribution in [0.5, 0.6) is 11.5 Å². The van der Waals surface area contributed by atoms with Crippen LogP contribution in [-0.2, 0) is 16.1 Å². The summed E-state index contributed by atoms with van der Waals surface area (Å²) in [5.41, 5.74) is 2.67. The van der Waals surface area contributed by atoms with Gasteiger partial charge in [-0.15, -0.1) is 0 Å². The fourth-order valence-corrected chi connectivity index (χ4v) is 2.78. The molecule has 0 unspecified atom stereocenters. The van der Waals surface area contributed by atoms with Gasteiger partial charge in [0.1, 0.15) is 12.2 Å². The van der Waals surface area contributed by atoms with Crippen molar-refractivity contribution in [3.8, 4) is 11.5 Å². The number of esters is 1. The second kappa shape index (κ2) is 8.61. The summed E-state index contributed by atoms with van der Waals surface area (Å²) >= 11 is 0. The van der Waals surface area contributed by atoms with E-state index in [0.717, 1.165) is 16.5 Å². The van der Waals surface area contributed by atoms with E-state index in [1.165, 1.54) is 6.07 Å². The zero-order chi connectivity index (χ0) is 20.1. The highest BCUT2D eigenvalue weighted by Gasteiger charge is 2.12. The van der Waals surface area contributed by atoms with Crippen LogP contribution in [0.4, 0.5) is 0 Å². The molecule has 0 aliphatic heterocycles. The van der Waals surface area contributed by atoms with Crippen LogP contribution in [0.3, 0.4) is 0 Å². The molecule has 0 saturated heterocycles. The van der Waals surface area contributed by atoms with Crippen LogP contribution in [0, 0.1) is 13.8 Å². The molecule has 6 heteroatoms. The Hall–Kier alpha value is -3.28. The Bertz CT molecular complexity index is 1050. The molecule has 0 fully saturated rings. The third kappa shape index (κ3) is 4.52. The molecule has 1 heterocycles. The topological polar surface area (TPSA) is 75.0 Å². The summed E-state index contributed by atoms with van der Waals surface area (Å²) in [6.07, 6.45) is 0. The average molecular weight is 382 g/mol. The molecule has 0 radical (unpaired) electrons. The Kier molecular flexibility index (Phi) is 5.99. The summed E-state index contributed by atoms with van der Waals surface area (Å²) in [5.74, 6) is 0.491. The molecule has 0 aliphatic carbocycles. The average Bonchev–Trinajstić information content (AvgIpc) is 2.67. The standard InChI is InChI=1S/C22H22O6/c1-4-25-18-7-5-6-8-19(18)26-13-22(24)27-12-16-11-21(23)28-20-10-15(3)14(2)9-17(16)20/h5-11H,4,12-13H2,1-3H3. The molecule has 2 aromatic carbocycles. The molecule has 0 N–H and O–H groups in total. The first-order valence-corrected chi connectivity index (χ1v) is 9.02. The molecule has 3 aromatic rings. The van der Waals surface area contributed by atoms with Crippen molar-refractivity contribution >= 4 is 16.9 Å². The van der Waals surface area contributed by atoms with Gasteiger partial charge in [-0.1, -0.05) is 12.1 Å². The van der Waals surface area contributed by atoms with Gasteiger partial charge in [0.05, 0.1) is 6.61 Å². The normalized spacial score (nSPS) is 10.7. The van der Waals surface area contributed by atoms with Gasteiger partial charge < -0.3 is 18.6 Å². The molecule has 146 valence electrons. The first kappa shape index (κ1) is 19.5. The lowest BCUT2D eigenvalue weighted by Crippen LogP contribution is -2.16. The third-order valence-corrected chi connectivity index (χ3v) is 4.33. The van der Waals surface area contributed by atoms with Crippen molar-refractivity contribution in [2.75, 3.05) is 13.2 Å². The molecule has 0 bridgehead atoms. The zero-order valence-corrected chi connectivity index (χ0v) is 16.1. The Morgan fingerprint density at radius 3 is 2.39 bits per heavy atom. The van der Waals surface area contributed by atoms with Crippen LogP contribution >= 0.6 is 0 Å². The van der Waals surface area contributed by atoms with E-state index in [9.17, 15) is 9.59 Å². The third-order valence-electron chi connectivity index (χ3n) is 4.33. The number of hydrogen-bond donors (Lipinski definition) is 0. The first-order chi connectivity index (χ1) is 13.5. The summed E-state index contributed by atoms with van der Waals surface area (Å²) in [6, 6.07) is 12.2. The van der Waals surface area contributed by atoms with Crippen LogP contribution in [0.2, 0.25) is 0 Å². The molecule has 3 rings (SSSR count). The highest BCUT2D eigenvalue weighted by molar-refractivity contribution is 5.82. The lowest BCUT2D eigenvalue weighted by Gasteiger charge is -2.12. The minimum atomic E-state index is -0.545. The molecule has 0 atom stereocenters. The highest BCUT2D eigenvalue weighted by atomic mass is 16.6. The van der Waals surface area contributed by atoms with Gasteiger partial charge in [0.2, 0.25) is 0 Å². The maximum Gasteiger partial charge on any atom is 0.344 e. The molecule has 0 spiro atoms. The predicted molar refractivity (Wildman–Crippen MR) is 105 cm³/mol. The van der Waals surface area contributed by atoms with Crippen LogP contribution in [-0.4, -0.2) is 19.2 Å². The molecular weight excluding hydrogens is 360 g/mol. The largest absolute Gasteiger partial charge is 0.490 e. The van der Waals surface area contributed by atoms with Crippen molar-refractivity contribution in [2.24, 2.45) is 0 Å². The Morgan fingerprint density at radius 1 is 1.00 bits per heavy atom. The summed E-state index contributed by atoms with van der Waals surface area (Å²) < 4.78 is 21.5. The lowest BCUT2D eigenvalue weighted by molar-refractivity contribution is -0.147. The number of carbonyl (C=O) groups is 1. The van der Waals surface area contributed by atoms with Crippen molar-refractivity contribution in [3.63, 3.8) is 0 Å². The molecule has 28 heavy (non-hydrogen) atoms. The summed E-state index contributed by atoms with van der Waals surface area (Å²) in [6.45, 7) is 5.97. The van der Waals surface area contributed by atoms with Crippen molar-refractivity contribution in [3.05, 3.63) is 69.6 Å². The number of para-hydroxylation sites is 2. The smallest absolute Gasteiger partial charge is 0.344 e. The molecular formula is C22H22O6. The quantitative estimate of drug-likeness (QED) is 0.455. The van der Waals surface area contributed by atoms with E-state index in [0.29, 0.717) is 29.3 Å². The second-order valence-corrected chi connectivity index (χ2v) is 6.35. The Labute approximate surface area is 162 Å². The van der Waals surface area contributed by atoms with Gasteiger partial charge in [0.25, 0.3) is 0 Å². The van der Waals surface area contributed by atoms with E-state index in [4.69, 9.17) is 18.6 Å². The fourth-order valence-electron chi connectivity index (χ4n) is 2.78. The van der Waals surface area contributed by atoms with Crippen LogP contribution in [0.25, 0.3) is 11.0 Å². The SMILES string of the molecule is CCOc1ccccc1OCC(=O)OCc1cc(=O)oc2cc(C)c(C)cc12. The molecule has 0 saturated carbocycles. The number of fused-ring (bicyclic) bond motifs is 1.